The summed E-state index contributed by atoms with van der Waals surface area (Å²) in [5, 5.41) is 19.3. The van der Waals surface area contributed by atoms with Gasteiger partial charge in [-0.1, -0.05) is 0 Å². The van der Waals surface area contributed by atoms with Crippen LogP contribution in [0.15, 0.2) is 12.1 Å². The maximum atomic E-state index is 10.9. The van der Waals surface area contributed by atoms with Crippen molar-refractivity contribution in [3.8, 4) is 11.5 Å². The van der Waals surface area contributed by atoms with Crippen LogP contribution in [0.1, 0.15) is 0 Å². The molecule has 9 nitrogen and oxygen atoms in total. The fourth-order valence-electron chi connectivity index (χ4n) is 1.49. The van der Waals surface area contributed by atoms with E-state index in [4.69, 9.17) is 14.6 Å². The van der Waals surface area contributed by atoms with Gasteiger partial charge in [-0.05, 0) is 0 Å². The van der Waals surface area contributed by atoms with E-state index in [-0.39, 0.29) is 17.1 Å². The van der Waals surface area contributed by atoms with Gasteiger partial charge in [-0.15, -0.1) is 0 Å². The van der Waals surface area contributed by atoms with Crippen molar-refractivity contribution in [2.45, 2.75) is 0 Å². The number of benzene rings is 1. The lowest BCUT2D eigenvalue weighted by atomic mass is 10.2. The van der Waals surface area contributed by atoms with Crippen molar-refractivity contribution >= 4 is 17.3 Å². The number of fused-ring (bicyclic) bond motifs is 1. The minimum atomic E-state index is -1.20. The normalized spacial score (nSPS) is 12.8. The minimum Gasteiger partial charge on any atom is -0.486 e. The van der Waals surface area contributed by atoms with Gasteiger partial charge in [0, 0.05) is 6.07 Å². The number of hydrogen-bond acceptors (Lipinski definition) is 7. The van der Waals surface area contributed by atoms with Crippen molar-refractivity contribution in [3.05, 3.63) is 22.2 Å². The molecule has 0 fully saturated rings. The molecular weight excluding hydrogens is 260 g/mol. The van der Waals surface area contributed by atoms with Gasteiger partial charge < -0.3 is 14.6 Å². The number of nitrogens with one attached hydrogen (secondary N) is 1. The third-order valence-corrected chi connectivity index (χ3v) is 2.23. The molecule has 9 heteroatoms. The smallest absolute Gasteiger partial charge is 0.332 e. The second-order valence-electron chi connectivity index (χ2n) is 3.55. The van der Waals surface area contributed by atoms with Gasteiger partial charge in [0.1, 0.15) is 18.9 Å². The van der Waals surface area contributed by atoms with Crippen LogP contribution in [0.25, 0.3) is 0 Å². The van der Waals surface area contributed by atoms with Crippen LogP contribution in [0.2, 0.25) is 0 Å². The Balaban J connectivity index is 2.24. The lowest BCUT2D eigenvalue weighted by Crippen LogP contribution is -2.16. The number of rotatable bonds is 5. The summed E-state index contributed by atoms with van der Waals surface area (Å²) < 4.78 is 10.5. The lowest BCUT2D eigenvalue weighted by molar-refractivity contribution is -0.384. The molecule has 0 bridgehead atoms. The van der Waals surface area contributed by atoms with Gasteiger partial charge >= 0.3 is 5.97 Å². The Morgan fingerprint density at radius 3 is 2.63 bits per heavy atom. The summed E-state index contributed by atoms with van der Waals surface area (Å²) in [6.45, 7) is 0.0122. The van der Waals surface area contributed by atoms with Gasteiger partial charge in [-0.2, -0.15) is 0 Å². The first-order valence-corrected chi connectivity index (χ1v) is 5.25. The lowest BCUT2D eigenvalue weighted by Gasteiger charge is -2.19. The zero-order chi connectivity index (χ0) is 13.8. The molecule has 0 saturated heterocycles. The zero-order valence-electron chi connectivity index (χ0n) is 9.62. The molecule has 0 atom stereocenters. The van der Waals surface area contributed by atoms with Gasteiger partial charge in [0.2, 0.25) is 0 Å². The highest BCUT2D eigenvalue weighted by Crippen LogP contribution is 2.39. The largest absolute Gasteiger partial charge is 0.486 e. The number of carbonyl (C=O) groups is 1. The standard InChI is InChI=1S/C10H10N2O7/c13-10(14)5-19-11-6-3-8-9(18-2-1-17-8)4-7(6)12(15)16/h3-4,11H,1-2,5H2,(H,13,14). The predicted molar refractivity (Wildman–Crippen MR) is 61.3 cm³/mol. The number of aliphatic carboxylic acids is 1. The van der Waals surface area contributed by atoms with Gasteiger partial charge in [0.15, 0.2) is 18.1 Å². The highest BCUT2D eigenvalue weighted by Gasteiger charge is 2.22. The molecule has 0 radical (unpaired) electrons. The second kappa shape index (κ2) is 5.40. The summed E-state index contributed by atoms with van der Waals surface area (Å²) in [5.41, 5.74) is 1.92. The molecule has 0 saturated carbocycles. The van der Waals surface area contributed by atoms with Crippen molar-refractivity contribution < 1.29 is 29.1 Å². The topological polar surface area (TPSA) is 120 Å². The Morgan fingerprint density at radius 1 is 1.42 bits per heavy atom. The number of carboxylic acids is 1. The molecule has 1 heterocycles. The van der Waals surface area contributed by atoms with Gasteiger partial charge in [0.05, 0.1) is 11.0 Å². The van der Waals surface area contributed by atoms with E-state index in [9.17, 15) is 14.9 Å². The highest BCUT2D eigenvalue weighted by molar-refractivity contribution is 5.70. The molecule has 2 rings (SSSR count). The maximum Gasteiger partial charge on any atom is 0.332 e. The highest BCUT2D eigenvalue weighted by atomic mass is 16.7. The number of nitro benzene ring substituents is 1. The SMILES string of the molecule is O=C(O)CONc1cc2c(cc1[N+](=O)[O-])OCCO2. The van der Waals surface area contributed by atoms with E-state index in [1.807, 2.05) is 0 Å². The van der Waals surface area contributed by atoms with E-state index in [2.05, 4.69) is 10.3 Å². The average molecular weight is 270 g/mol. The first kappa shape index (κ1) is 12.9. The average Bonchev–Trinajstić information content (AvgIpc) is 2.37. The van der Waals surface area contributed by atoms with E-state index in [0.29, 0.717) is 19.0 Å². The Kier molecular flexibility index (Phi) is 3.66. The van der Waals surface area contributed by atoms with Gasteiger partial charge in [-0.25, -0.2) is 4.79 Å². The van der Waals surface area contributed by atoms with Crippen molar-refractivity contribution in [1.29, 1.82) is 0 Å². The Labute approximate surface area is 106 Å². The zero-order valence-corrected chi connectivity index (χ0v) is 9.62. The monoisotopic (exact) mass is 270 g/mol. The Morgan fingerprint density at radius 2 is 2.05 bits per heavy atom. The fraction of sp³-hybridized carbons (Fsp3) is 0.300. The number of ether oxygens (including phenoxy) is 2. The van der Waals surface area contributed by atoms with Crippen molar-refractivity contribution in [1.82, 2.24) is 0 Å². The van der Waals surface area contributed by atoms with E-state index < -0.39 is 17.5 Å². The summed E-state index contributed by atoms with van der Waals surface area (Å²) in [5.74, 6) is -0.604. The quantitative estimate of drug-likeness (QED) is 0.595. The molecule has 1 aliphatic rings. The predicted octanol–water partition coefficient (Wildman–Crippen LogP) is 0.794. The van der Waals surface area contributed by atoms with Crippen LogP contribution >= 0.6 is 0 Å². The summed E-state index contributed by atoms with van der Waals surface area (Å²) in [6.07, 6.45) is 0. The van der Waals surface area contributed by atoms with E-state index in [1.54, 1.807) is 0 Å². The third-order valence-electron chi connectivity index (χ3n) is 2.23. The van der Waals surface area contributed by atoms with Crippen LogP contribution in [0.4, 0.5) is 11.4 Å². The van der Waals surface area contributed by atoms with Gasteiger partial charge in [-0.3, -0.25) is 20.4 Å². The molecule has 19 heavy (non-hydrogen) atoms. The van der Waals surface area contributed by atoms with Crippen LogP contribution in [-0.4, -0.2) is 35.8 Å². The van der Waals surface area contributed by atoms with Crippen LogP contribution in [-0.2, 0) is 9.63 Å². The Hall–Kier alpha value is -2.55. The van der Waals surface area contributed by atoms with Crippen LogP contribution < -0.4 is 15.0 Å². The number of carboxylic acid groups (broad SMARTS) is 1. The molecule has 0 unspecified atom stereocenters. The van der Waals surface area contributed by atoms with Crippen molar-refractivity contribution in [2.75, 3.05) is 25.3 Å². The summed E-state index contributed by atoms with van der Waals surface area (Å²) >= 11 is 0. The molecule has 0 aliphatic carbocycles. The molecule has 0 aromatic heterocycles. The number of nitro groups is 1. The molecule has 102 valence electrons. The Bertz CT molecular complexity index is 517. The number of anilines is 1. The summed E-state index contributed by atoms with van der Waals surface area (Å²) in [6, 6.07) is 2.52. The molecular formula is C10H10N2O7. The molecule has 0 amide bonds. The van der Waals surface area contributed by atoms with E-state index in [1.165, 1.54) is 12.1 Å². The summed E-state index contributed by atoms with van der Waals surface area (Å²) in [7, 11) is 0. The first-order chi connectivity index (χ1) is 9.08. The number of nitrogens with zero attached hydrogens (tertiary/aromatic N) is 1. The minimum absolute atomic E-state index is 0.00417. The fourth-order valence-corrected chi connectivity index (χ4v) is 1.49. The number of hydrogen-bond donors (Lipinski definition) is 2. The van der Waals surface area contributed by atoms with Crippen molar-refractivity contribution in [2.24, 2.45) is 0 Å². The van der Waals surface area contributed by atoms with E-state index >= 15 is 0 Å². The molecule has 2 N–H and O–H groups in total. The van der Waals surface area contributed by atoms with E-state index in [0.717, 1.165) is 0 Å². The molecule has 0 spiro atoms. The maximum absolute atomic E-state index is 10.9. The van der Waals surface area contributed by atoms with Crippen LogP contribution in [0.5, 0.6) is 11.5 Å². The molecule has 1 aromatic carbocycles. The van der Waals surface area contributed by atoms with Crippen LogP contribution in [0.3, 0.4) is 0 Å². The third kappa shape index (κ3) is 3.01. The van der Waals surface area contributed by atoms with Gasteiger partial charge in [0.25, 0.3) is 5.69 Å². The molecule has 1 aliphatic heterocycles. The van der Waals surface area contributed by atoms with Crippen LogP contribution in [0, 0.1) is 10.1 Å². The summed E-state index contributed by atoms with van der Waals surface area (Å²) in [4.78, 5) is 25.2. The first-order valence-electron chi connectivity index (χ1n) is 5.25. The molecule has 1 aromatic rings. The second-order valence-corrected chi connectivity index (χ2v) is 3.55. The van der Waals surface area contributed by atoms with Crippen molar-refractivity contribution in [3.63, 3.8) is 0 Å².